The fourth-order valence-corrected chi connectivity index (χ4v) is 3.59. The van der Waals surface area contributed by atoms with Crippen LogP contribution in [0.3, 0.4) is 0 Å². The summed E-state index contributed by atoms with van der Waals surface area (Å²) >= 11 is 0. The minimum Gasteiger partial charge on any atom is -0.454 e. The summed E-state index contributed by atoms with van der Waals surface area (Å²) in [6.45, 7) is 6.98. The summed E-state index contributed by atoms with van der Waals surface area (Å²) in [6, 6.07) is 7.54. The molecule has 4 nitrogen and oxygen atoms in total. The average molecular weight is 290 g/mol. The standard InChI is InChI=1S/C17H26N2O2/c1-12(19-10-15(9-18)7-13(19)2)3-4-14-5-6-16-17(8-14)21-11-20-16/h5-6,8,12-13,15H,3-4,7,9-11,18H2,1-2H3. The van der Waals surface area contributed by atoms with Gasteiger partial charge in [0, 0.05) is 18.6 Å². The van der Waals surface area contributed by atoms with Gasteiger partial charge in [0.15, 0.2) is 11.5 Å². The van der Waals surface area contributed by atoms with Crippen LogP contribution in [0.1, 0.15) is 32.3 Å². The van der Waals surface area contributed by atoms with Crippen molar-refractivity contribution in [3.05, 3.63) is 23.8 Å². The molecule has 4 heteroatoms. The van der Waals surface area contributed by atoms with Gasteiger partial charge in [-0.3, -0.25) is 4.90 Å². The van der Waals surface area contributed by atoms with Crippen molar-refractivity contribution in [3.63, 3.8) is 0 Å². The van der Waals surface area contributed by atoms with E-state index in [1.807, 2.05) is 6.07 Å². The van der Waals surface area contributed by atoms with Crippen molar-refractivity contribution in [2.45, 2.75) is 45.2 Å². The van der Waals surface area contributed by atoms with Gasteiger partial charge >= 0.3 is 0 Å². The van der Waals surface area contributed by atoms with E-state index in [1.165, 1.54) is 18.4 Å². The largest absolute Gasteiger partial charge is 0.454 e. The number of aryl methyl sites for hydroxylation is 1. The highest BCUT2D eigenvalue weighted by Crippen LogP contribution is 2.33. The van der Waals surface area contributed by atoms with E-state index in [4.69, 9.17) is 15.2 Å². The lowest BCUT2D eigenvalue weighted by atomic mass is 10.0. The summed E-state index contributed by atoms with van der Waals surface area (Å²) in [5.74, 6) is 2.43. The van der Waals surface area contributed by atoms with Crippen LogP contribution in [0.2, 0.25) is 0 Å². The van der Waals surface area contributed by atoms with Gasteiger partial charge in [-0.25, -0.2) is 0 Å². The molecule has 0 bridgehead atoms. The van der Waals surface area contributed by atoms with Crippen LogP contribution in [0, 0.1) is 5.92 Å². The van der Waals surface area contributed by atoms with Gasteiger partial charge < -0.3 is 15.2 Å². The molecule has 1 aromatic carbocycles. The number of benzene rings is 1. The Morgan fingerprint density at radius 3 is 2.90 bits per heavy atom. The van der Waals surface area contributed by atoms with Crippen LogP contribution in [0.15, 0.2) is 18.2 Å². The van der Waals surface area contributed by atoms with Gasteiger partial charge in [-0.2, -0.15) is 0 Å². The number of rotatable bonds is 5. The number of ether oxygens (including phenoxy) is 2. The Morgan fingerprint density at radius 2 is 2.14 bits per heavy atom. The first-order valence-electron chi connectivity index (χ1n) is 8.01. The van der Waals surface area contributed by atoms with Crippen LogP contribution in [0.25, 0.3) is 0 Å². The molecule has 0 saturated carbocycles. The number of hydrogen-bond donors (Lipinski definition) is 1. The molecule has 2 heterocycles. The van der Waals surface area contributed by atoms with Crippen molar-refractivity contribution in [2.24, 2.45) is 11.7 Å². The first-order chi connectivity index (χ1) is 10.2. The molecule has 0 aromatic heterocycles. The van der Waals surface area contributed by atoms with Crippen LogP contribution in [0.5, 0.6) is 11.5 Å². The maximum Gasteiger partial charge on any atom is 0.231 e. The second-order valence-corrected chi connectivity index (χ2v) is 6.46. The molecule has 2 aliphatic heterocycles. The van der Waals surface area contributed by atoms with E-state index in [2.05, 4.69) is 30.9 Å². The number of nitrogens with two attached hydrogens (primary N) is 1. The molecule has 0 spiro atoms. The number of fused-ring (bicyclic) bond motifs is 1. The summed E-state index contributed by atoms with van der Waals surface area (Å²) in [4.78, 5) is 2.62. The van der Waals surface area contributed by atoms with Gasteiger partial charge in [-0.15, -0.1) is 0 Å². The quantitative estimate of drug-likeness (QED) is 0.904. The zero-order chi connectivity index (χ0) is 14.8. The Kier molecular flexibility index (Phi) is 4.36. The summed E-state index contributed by atoms with van der Waals surface area (Å²) < 4.78 is 10.8. The summed E-state index contributed by atoms with van der Waals surface area (Å²) in [6.07, 6.45) is 3.49. The summed E-state index contributed by atoms with van der Waals surface area (Å²) in [5, 5.41) is 0. The van der Waals surface area contributed by atoms with Gasteiger partial charge in [0.05, 0.1) is 0 Å². The van der Waals surface area contributed by atoms with Crippen LogP contribution in [-0.4, -0.2) is 36.9 Å². The molecule has 2 N–H and O–H groups in total. The third-order valence-corrected chi connectivity index (χ3v) is 4.90. The van der Waals surface area contributed by atoms with Gasteiger partial charge in [-0.1, -0.05) is 6.07 Å². The molecule has 0 aliphatic carbocycles. The predicted molar refractivity (Wildman–Crippen MR) is 83.7 cm³/mol. The molecule has 3 rings (SSSR count). The van der Waals surface area contributed by atoms with E-state index >= 15 is 0 Å². The molecule has 3 atom stereocenters. The molecule has 2 aliphatic rings. The maximum absolute atomic E-state index is 5.82. The fourth-order valence-electron chi connectivity index (χ4n) is 3.59. The molecule has 116 valence electrons. The molecular weight excluding hydrogens is 264 g/mol. The molecule has 1 saturated heterocycles. The first kappa shape index (κ1) is 14.7. The van der Waals surface area contributed by atoms with Crippen molar-refractivity contribution < 1.29 is 9.47 Å². The Labute approximate surface area is 127 Å². The molecule has 3 unspecified atom stereocenters. The van der Waals surface area contributed by atoms with Crippen LogP contribution < -0.4 is 15.2 Å². The van der Waals surface area contributed by atoms with Gasteiger partial charge in [0.2, 0.25) is 6.79 Å². The van der Waals surface area contributed by atoms with Crippen molar-refractivity contribution in [3.8, 4) is 11.5 Å². The number of hydrogen-bond acceptors (Lipinski definition) is 4. The van der Waals surface area contributed by atoms with Crippen molar-refractivity contribution in [2.75, 3.05) is 19.9 Å². The second-order valence-electron chi connectivity index (χ2n) is 6.46. The summed E-state index contributed by atoms with van der Waals surface area (Å²) in [5.41, 5.74) is 7.15. The molecule has 21 heavy (non-hydrogen) atoms. The van der Waals surface area contributed by atoms with E-state index in [-0.39, 0.29) is 0 Å². The Bertz CT molecular complexity index is 492. The van der Waals surface area contributed by atoms with E-state index in [0.717, 1.165) is 31.0 Å². The average Bonchev–Trinajstić information content (AvgIpc) is 3.10. The maximum atomic E-state index is 5.82. The zero-order valence-electron chi connectivity index (χ0n) is 13.0. The molecule has 0 amide bonds. The first-order valence-corrected chi connectivity index (χ1v) is 8.01. The van der Waals surface area contributed by atoms with E-state index < -0.39 is 0 Å². The van der Waals surface area contributed by atoms with Gasteiger partial charge in [-0.05, 0) is 63.3 Å². The molecule has 1 fully saturated rings. The topological polar surface area (TPSA) is 47.7 Å². The molecular formula is C17H26N2O2. The highest BCUT2D eigenvalue weighted by atomic mass is 16.7. The van der Waals surface area contributed by atoms with Crippen LogP contribution in [-0.2, 0) is 6.42 Å². The fraction of sp³-hybridized carbons (Fsp3) is 0.647. The highest BCUT2D eigenvalue weighted by Gasteiger charge is 2.30. The Hall–Kier alpha value is -1.26. The monoisotopic (exact) mass is 290 g/mol. The van der Waals surface area contributed by atoms with Crippen molar-refractivity contribution in [1.29, 1.82) is 0 Å². The molecule has 0 radical (unpaired) electrons. The van der Waals surface area contributed by atoms with E-state index in [9.17, 15) is 0 Å². The smallest absolute Gasteiger partial charge is 0.231 e. The van der Waals surface area contributed by atoms with Crippen LogP contribution in [0.4, 0.5) is 0 Å². The Morgan fingerprint density at radius 1 is 1.33 bits per heavy atom. The third-order valence-electron chi connectivity index (χ3n) is 4.90. The minimum atomic E-state index is 0.348. The zero-order valence-corrected chi connectivity index (χ0v) is 13.0. The van der Waals surface area contributed by atoms with Crippen molar-refractivity contribution in [1.82, 2.24) is 4.90 Å². The SMILES string of the molecule is CC(CCc1ccc2c(c1)OCO2)N1CC(CN)CC1C. The van der Waals surface area contributed by atoms with E-state index in [0.29, 0.717) is 24.8 Å². The third kappa shape index (κ3) is 3.16. The normalized spacial score (nSPS) is 26.2. The molecule has 1 aromatic rings. The van der Waals surface area contributed by atoms with Gasteiger partial charge in [0.25, 0.3) is 0 Å². The predicted octanol–water partition coefficient (Wildman–Crippen LogP) is 2.41. The van der Waals surface area contributed by atoms with Crippen LogP contribution >= 0.6 is 0 Å². The number of nitrogens with zero attached hydrogens (tertiary/aromatic N) is 1. The van der Waals surface area contributed by atoms with Gasteiger partial charge in [0.1, 0.15) is 0 Å². The summed E-state index contributed by atoms with van der Waals surface area (Å²) in [7, 11) is 0. The lowest BCUT2D eigenvalue weighted by Crippen LogP contribution is -2.36. The lowest BCUT2D eigenvalue weighted by Gasteiger charge is -2.28. The van der Waals surface area contributed by atoms with Crippen molar-refractivity contribution >= 4 is 0 Å². The highest BCUT2D eigenvalue weighted by molar-refractivity contribution is 5.44. The second kappa shape index (κ2) is 6.24. The lowest BCUT2D eigenvalue weighted by molar-refractivity contribution is 0.174. The minimum absolute atomic E-state index is 0.348. The Balaban J connectivity index is 1.55. The van der Waals surface area contributed by atoms with E-state index in [1.54, 1.807) is 0 Å². The number of likely N-dealkylation sites (tertiary alicyclic amines) is 1.